The first-order valence-electron chi connectivity index (χ1n) is 8.90. The Labute approximate surface area is 167 Å². The number of hydrogen-bond donors (Lipinski definition) is 0. The minimum Gasteiger partial charge on any atom is -0.326 e. The summed E-state index contributed by atoms with van der Waals surface area (Å²) in [5.41, 5.74) is -0.418. The van der Waals surface area contributed by atoms with Crippen LogP contribution in [0.25, 0.3) is 6.08 Å². The van der Waals surface area contributed by atoms with E-state index < -0.39 is 29.0 Å². The zero-order valence-corrected chi connectivity index (χ0v) is 16.2. The number of likely N-dealkylation sites (N-methyl/N-ethyl adjacent to an activating group) is 2. The summed E-state index contributed by atoms with van der Waals surface area (Å²) in [6.07, 6.45) is 1.31. The van der Waals surface area contributed by atoms with Gasteiger partial charge in [-0.15, -0.1) is 0 Å². The average Bonchev–Trinajstić information content (AvgIpc) is 2.72. The van der Waals surface area contributed by atoms with E-state index in [2.05, 4.69) is 0 Å². The van der Waals surface area contributed by atoms with Gasteiger partial charge in [0.2, 0.25) is 0 Å². The lowest BCUT2D eigenvalue weighted by molar-refractivity contribution is -0.155. The molecular formula is C22H19F2N3O2. The predicted molar refractivity (Wildman–Crippen MR) is 103 cm³/mol. The molecule has 1 saturated heterocycles. The van der Waals surface area contributed by atoms with Crippen molar-refractivity contribution in [2.75, 3.05) is 14.1 Å². The van der Waals surface area contributed by atoms with Crippen molar-refractivity contribution in [2.24, 2.45) is 0 Å². The summed E-state index contributed by atoms with van der Waals surface area (Å²) in [6.45, 7) is 1.52. The van der Waals surface area contributed by atoms with Crippen molar-refractivity contribution >= 4 is 17.9 Å². The molecule has 29 heavy (non-hydrogen) atoms. The molecule has 1 fully saturated rings. The highest BCUT2D eigenvalue weighted by molar-refractivity contribution is 6.08. The summed E-state index contributed by atoms with van der Waals surface area (Å²) < 4.78 is 27.8. The van der Waals surface area contributed by atoms with E-state index in [1.165, 1.54) is 49.0 Å². The van der Waals surface area contributed by atoms with Crippen LogP contribution >= 0.6 is 0 Å². The van der Waals surface area contributed by atoms with Crippen LogP contribution in [0.5, 0.6) is 0 Å². The third kappa shape index (κ3) is 3.38. The Bertz CT molecular complexity index is 1070. The van der Waals surface area contributed by atoms with Gasteiger partial charge < -0.3 is 9.80 Å². The molecule has 148 valence electrons. The maximum atomic E-state index is 14.2. The van der Waals surface area contributed by atoms with Gasteiger partial charge in [0.25, 0.3) is 11.8 Å². The van der Waals surface area contributed by atoms with Crippen molar-refractivity contribution in [3.8, 4) is 6.07 Å². The van der Waals surface area contributed by atoms with Gasteiger partial charge in [-0.05, 0) is 36.3 Å². The molecule has 1 aliphatic rings. The van der Waals surface area contributed by atoms with Crippen LogP contribution in [0.4, 0.5) is 8.78 Å². The van der Waals surface area contributed by atoms with Crippen LogP contribution in [-0.2, 0) is 16.0 Å². The molecule has 5 nitrogen and oxygen atoms in total. The van der Waals surface area contributed by atoms with Gasteiger partial charge in [-0.1, -0.05) is 30.3 Å². The van der Waals surface area contributed by atoms with Crippen LogP contribution in [0.1, 0.15) is 23.6 Å². The molecule has 1 unspecified atom stereocenters. The highest BCUT2D eigenvalue weighted by Crippen LogP contribution is 2.32. The summed E-state index contributed by atoms with van der Waals surface area (Å²) in [5.74, 6) is -2.94. The fraction of sp³-hybridized carbons (Fsp3) is 0.227. The maximum Gasteiger partial charge on any atom is 0.271 e. The van der Waals surface area contributed by atoms with Crippen molar-refractivity contribution < 1.29 is 18.4 Å². The van der Waals surface area contributed by atoms with Crippen molar-refractivity contribution in [1.82, 2.24) is 9.80 Å². The van der Waals surface area contributed by atoms with Gasteiger partial charge in [0, 0.05) is 20.5 Å². The number of rotatable bonds is 3. The molecule has 0 saturated carbocycles. The Morgan fingerprint density at radius 1 is 1.10 bits per heavy atom. The zero-order valence-electron chi connectivity index (χ0n) is 16.2. The zero-order chi connectivity index (χ0) is 21.3. The van der Waals surface area contributed by atoms with Crippen LogP contribution in [0, 0.1) is 23.0 Å². The molecule has 0 bridgehead atoms. The summed E-state index contributed by atoms with van der Waals surface area (Å²) in [6, 6.07) is 12.5. The van der Waals surface area contributed by atoms with E-state index in [1.807, 2.05) is 6.07 Å². The van der Waals surface area contributed by atoms with Gasteiger partial charge >= 0.3 is 0 Å². The Balaban J connectivity index is 2.02. The van der Waals surface area contributed by atoms with Crippen LogP contribution in [-0.4, -0.2) is 41.2 Å². The third-order valence-corrected chi connectivity index (χ3v) is 5.33. The van der Waals surface area contributed by atoms with E-state index in [0.717, 1.165) is 6.07 Å². The van der Waals surface area contributed by atoms with E-state index in [-0.39, 0.29) is 17.7 Å². The molecule has 2 aromatic rings. The highest BCUT2D eigenvalue weighted by atomic mass is 19.2. The molecule has 2 amide bonds. The first-order valence-corrected chi connectivity index (χ1v) is 8.90. The van der Waals surface area contributed by atoms with Crippen LogP contribution < -0.4 is 0 Å². The molecule has 1 atom stereocenters. The van der Waals surface area contributed by atoms with Gasteiger partial charge in [0.05, 0.1) is 11.6 Å². The van der Waals surface area contributed by atoms with E-state index >= 15 is 0 Å². The number of carbonyl (C=O) groups is 2. The number of hydrogen-bond acceptors (Lipinski definition) is 3. The number of amides is 2. The van der Waals surface area contributed by atoms with Gasteiger partial charge in [-0.25, -0.2) is 8.78 Å². The van der Waals surface area contributed by atoms with Crippen molar-refractivity contribution in [3.05, 3.63) is 76.5 Å². The normalized spacial score (nSPS) is 20.9. The number of nitriles is 1. The second-order valence-corrected chi connectivity index (χ2v) is 7.12. The topological polar surface area (TPSA) is 64.4 Å². The molecule has 0 radical (unpaired) electrons. The Hall–Kier alpha value is -3.53. The minimum atomic E-state index is -1.40. The molecule has 1 heterocycles. The fourth-order valence-corrected chi connectivity index (χ4v) is 3.43. The van der Waals surface area contributed by atoms with Crippen LogP contribution in [0.2, 0.25) is 0 Å². The fourth-order valence-electron chi connectivity index (χ4n) is 3.43. The average molecular weight is 395 g/mol. The molecule has 0 spiro atoms. The van der Waals surface area contributed by atoms with Gasteiger partial charge in [-0.3, -0.25) is 9.59 Å². The maximum absolute atomic E-state index is 14.2. The molecule has 0 N–H and O–H groups in total. The predicted octanol–water partition coefficient (Wildman–Crippen LogP) is 3.11. The number of nitrogens with zero attached hydrogens (tertiary/aromatic N) is 3. The van der Waals surface area contributed by atoms with Crippen molar-refractivity contribution in [1.29, 1.82) is 5.26 Å². The number of halogens is 2. The van der Waals surface area contributed by atoms with E-state index in [4.69, 9.17) is 0 Å². The Kier molecular flexibility index (Phi) is 5.21. The molecule has 7 heteroatoms. The van der Waals surface area contributed by atoms with Crippen LogP contribution in [0.15, 0.2) is 48.2 Å². The molecule has 0 aromatic heterocycles. The molecule has 2 aromatic carbocycles. The number of carbonyl (C=O) groups excluding carboxylic acids is 2. The standard InChI is InChI=1S/C22H19F2N3O2/c1-22(12-15-9-6-10-17(23)19(15)24)21(29)26(2)18(20(28)27(22)3)11-14-7-4-5-8-16(14)13-25/h4-11H,12H2,1-3H3/b18-11-. The lowest BCUT2D eigenvalue weighted by Crippen LogP contribution is -2.64. The minimum absolute atomic E-state index is 0.0103. The number of piperazine rings is 1. The van der Waals surface area contributed by atoms with Crippen molar-refractivity contribution in [3.63, 3.8) is 0 Å². The molecule has 3 rings (SSSR count). The Morgan fingerprint density at radius 3 is 2.48 bits per heavy atom. The number of benzene rings is 2. The largest absolute Gasteiger partial charge is 0.326 e. The molecular weight excluding hydrogens is 376 g/mol. The monoisotopic (exact) mass is 395 g/mol. The molecule has 1 aliphatic heterocycles. The SMILES string of the molecule is CN1C(=O)C(C)(Cc2cccc(F)c2F)N(C)C(=O)/C1=C/c1ccccc1C#N. The summed E-state index contributed by atoms with van der Waals surface area (Å²) in [7, 11) is 2.91. The third-order valence-electron chi connectivity index (χ3n) is 5.33. The van der Waals surface area contributed by atoms with Crippen LogP contribution in [0.3, 0.4) is 0 Å². The highest BCUT2D eigenvalue weighted by Gasteiger charge is 2.49. The van der Waals surface area contributed by atoms with E-state index in [9.17, 15) is 23.6 Å². The summed E-state index contributed by atoms with van der Waals surface area (Å²) >= 11 is 0. The Morgan fingerprint density at radius 2 is 1.79 bits per heavy atom. The summed E-state index contributed by atoms with van der Waals surface area (Å²) in [5, 5.41) is 9.26. The lowest BCUT2D eigenvalue weighted by Gasteiger charge is -2.45. The first-order chi connectivity index (χ1) is 13.7. The quantitative estimate of drug-likeness (QED) is 0.750. The molecule has 0 aliphatic carbocycles. The van der Waals surface area contributed by atoms with Gasteiger partial charge in [-0.2, -0.15) is 5.26 Å². The summed E-state index contributed by atoms with van der Waals surface area (Å²) in [4.78, 5) is 28.7. The smallest absolute Gasteiger partial charge is 0.271 e. The second kappa shape index (κ2) is 7.47. The first kappa shape index (κ1) is 20.2. The lowest BCUT2D eigenvalue weighted by atomic mass is 9.86. The van der Waals surface area contributed by atoms with Gasteiger partial charge in [0.1, 0.15) is 11.2 Å². The van der Waals surface area contributed by atoms with E-state index in [0.29, 0.717) is 11.1 Å². The second-order valence-electron chi connectivity index (χ2n) is 7.12. The van der Waals surface area contributed by atoms with E-state index in [1.54, 1.807) is 24.3 Å². The van der Waals surface area contributed by atoms with Crippen molar-refractivity contribution in [2.45, 2.75) is 18.9 Å². The van der Waals surface area contributed by atoms with Gasteiger partial charge in [0.15, 0.2) is 11.6 Å².